The van der Waals surface area contributed by atoms with Crippen molar-refractivity contribution in [2.45, 2.75) is 18.9 Å². The Kier molecular flexibility index (Phi) is 2.24. The Bertz CT molecular complexity index is 842. The van der Waals surface area contributed by atoms with Crippen molar-refractivity contribution in [1.29, 1.82) is 0 Å². The van der Waals surface area contributed by atoms with E-state index in [1.807, 2.05) is 39.4 Å². The van der Waals surface area contributed by atoms with Gasteiger partial charge >= 0.3 is 0 Å². The summed E-state index contributed by atoms with van der Waals surface area (Å²) in [5, 5.41) is 2.85. The number of carbonyl (C=O) groups excluding carboxylic acids is 1. The highest BCUT2D eigenvalue weighted by molar-refractivity contribution is 5.88. The second kappa shape index (κ2) is 3.96. The van der Waals surface area contributed by atoms with Crippen molar-refractivity contribution >= 4 is 22.7 Å². The molecule has 2 aromatic heterocycles. The molecule has 0 spiro atoms. The van der Waals surface area contributed by atoms with Gasteiger partial charge in [-0.25, -0.2) is 4.98 Å². The molecule has 1 N–H and O–H groups in total. The van der Waals surface area contributed by atoms with Gasteiger partial charge in [0.2, 0.25) is 11.7 Å². The van der Waals surface area contributed by atoms with Crippen LogP contribution in [-0.4, -0.2) is 19.9 Å². The number of para-hydroxylation sites is 2. The lowest BCUT2D eigenvalue weighted by molar-refractivity contribution is -0.124. The molecule has 5 heteroatoms. The molecule has 1 atom stereocenters. The normalized spacial score (nSPS) is 19.7. The van der Waals surface area contributed by atoms with Crippen molar-refractivity contribution in [2.24, 2.45) is 0 Å². The third-order valence-corrected chi connectivity index (χ3v) is 3.87. The Labute approximate surface area is 115 Å². The SMILES string of the molecule is C=C1CCC(n2c3ccccc3n3ccnc23)C(=O)N1. The van der Waals surface area contributed by atoms with Gasteiger partial charge in [0.25, 0.3) is 0 Å². The van der Waals surface area contributed by atoms with Crippen LogP contribution in [0.2, 0.25) is 0 Å². The number of allylic oxidation sites excluding steroid dienone is 1. The van der Waals surface area contributed by atoms with Crippen molar-refractivity contribution in [3.63, 3.8) is 0 Å². The number of rotatable bonds is 1. The van der Waals surface area contributed by atoms with Gasteiger partial charge in [0.15, 0.2) is 0 Å². The summed E-state index contributed by atoms with van der Waals surface area (Å²) < 4.78 is 4.04. The molecule has 1 aliphatic heterocycles. The van der Waals surface area contributed by atoms with Gasteiger partial charge in [0.05, 0.1) is 11.0 Å². The zero-order chi connectivity index (χ0) is 13.7. The molecule has 0 aliphatic carbocycles. The van der Waals surface area contributed by atoms with Gasteiger partial charge in [0, 0.05) is 18.1 Å². The Morgan fingerprint density at radius 2 is 2.10 bits per heavy atom. The van der Waals surface area contributed by atoms with E-state index in [9.17, 15) is 4.79 Å². The maximum Gasteiger partial charge on any atom is 0.247 e. The predicted molar refractivity (Wildman–Crippen MR) is 76.2 cm³/mol. The monoisotopic (exact) mass is 266 g/mol. The summed E-state index contributed by atoms with van der Waals surface area (Å²) in [7, 11) is 0. The number of aromatic nitrogens is 3. The highest BCUT2D eigenvalue weighted by atomic mass is 16.2. The van der Waals surface area contributed by atoms with E-state index in [1.54, 1.807) is 6.20 Å². The molecule has 0 radical (unpaired) electrons. The molecular formula is C15H14N4O. The predicted octanol–water partition coefficient (Wildman–Crippen LogP) is 2.25. The zero-order valence-corrected chi connectivity index (χ0v) is 10.9. The van der Waals surface area contributed by atoms with Crippen LogP contribution in [0.25, 0.3) is 16.8 Å². The molecular weight excluding hydrogens is 252 g/mol. The van der Waals surface area contributed by atoms with Crippen LogP contribution in [0.1, 0.15) is 18.9 Å². The van der Waals surface area contributed by atoms with Crippen LogP contribution in [0.15, 0.2) is 48.9 Å². The number of piperidine rings is 1. The van der Waals surface area contributed by atoms with Crippen molar-refractivity contribution < 1.29 is 4.79 Å². The number of hydrogen-bond donors (Lipinski definition) is 1. The van der Waals surface area contributed by atoms with E-state index in [2.05, 4.69) is 16.9 Å². The Balaban J connectivity index is 1.99. The standard InChI is InChI=1S/C15H14N4O/c1-10-6-7-13(14(20)17-10)19-12-5-3-2-4-11(12)18-9-8-16-15(18)19/h2-5,8-9,13H,1,6-7H2,(H,17,20). The van der Waals surface area contributed by atoms with E-state index in [0.717, 1.165) is 35.3 Å². The van der Waals surface area contributed by atoms with E-state index >= 15 is 0 Å². The first kappa shape index (κ1) is 11.3. The number of amides is 1. The van der Waals surface area contributed by atoms with Crippen molar-refractivity contribution in [1.82, 2.24) is 19.3 Å². The van der Waals surface area contributed by atoms with Crippen LogP contribution in [0.5, 0.6) is 0 Å². The molecule has 4 rings (SSSR count). The van der Waals surface area contributed by atoms with Gasteiger partial charge in [-0.2, -0.15) is 0 Å². The fourth-order valence-electron chi connectivity index (χ4n) is 2.96. The van der Waals surface area contributed by atoms with Crippen LogP contribution in [-0.2, 0) is 4.79 Å². The molecule has 20 heavy (non-hydrogen) atoms. The third kappa shape index (κ3) is 1.43. The summed E-state index contributed by atoms with van der Waals surface area (Å²) in [4.78, 5) is 16.7. The van der Waals surface area contributed by atoms with Crippen molar-refractivity contribution in [2.75, 3.05) is 0 Å². The van der Waals surface area contributed by atoms with Crippen molar-refractivity contribution in [3.05, 3.63) is 48.9 Å². The molecule has 100 valence electrons. The highest BCUT2D eigenvalue weighted by Crippen LogP contribution is 2.29. The van der Waals surface area contributed by atoms with E-state index < -0.39 is 0 Å². The Morgan fingerprint density at radius 3 is 2.90 bits per heavy atom. The number of benzene rings is 1. The summed E-state index contributed by atoms with van der Waals surface area (Å²) in [5.41, 5.74) is 2.89. The minimum absolute atomic E-state index is 0.00694. The number of nitrogens with zero attached hydrogens (tertiary/aromatic N) is 3. The molecule has 5 nitrogen and oxygen atoms in total. The minimum Gasteiger partial charge on any atom is -0.329 e. The summed E-state index contributed by atoms with van der Waals surface area (Å²) >= 11 is 0. The summed E-state index contributed by atoms with van der Waals surface area (Å²) in [5.74, 6) is 0.798. The second-order valence-electron chi connectivity index (χ2n) is 5.10. The number of carbonyl (C=O) groups is 1. The van der Waals surface area contributed by atoms with E-state index in [0.29, 0.717) is 0 Å². The number of imidazole rings is 2. The smallest absolute Gasteiger partial charge is 0.247 e. The topological polar surface area (TPSA) is 51.3 Å². The van der Waals surface area contributed by atoms with Crippen LogP contribution in [0, 0.1) is 0 Å². The largest absolute Gasteiger partial charge is 0.329 e. The average molecular weight is 266 g/mol. The second-order valence-corrected chi connectivity index (χ2v) is 5.10. The minimum atomic E-state index is -0.231. The molecule has 1 saturated heterocycles. The zero-order valence-electron chi connectivity index (χ0n) is 10.9. The fraction of sp³-hybridized carbons (Fsp3) is 0.200. The van der Waals surface area contributed by atoms with Gasteiger partial charge in [-0.05, 0) is 25.0 Å². The lowest BCUT2D eigenvalue weighted by atomic mass is 10.0. The maximum atomic E-state index is 12.3. The average Bonchev–Trinajstić information content (AvgIpc) is 3.00. The lowest BCUT2D eigenvalue weighted by Crippen LogP contribution is -2.36. The van der Waals surface area contributed by atoms with Crippen LogP contribution < -0.4 is 5.32 Å². The van der Waals surface area contributed by atoms with Gasteiger partial charge in [0.1, 0.15) is 6.04 Å². The molecule has 1 fully saturated rings. The molecule has 0 saturated carbocycles. The third-order valence-electron chi connectivity index (χ3n) is 3.87. The van der Waals surface area contributed by atoms with E-state index in [4.69, 9.17) is 0 Å². The molecule has 0 bridgehead atoms. The molecule has 1 aromatic carbocycles. The number of nitrogens with one attached hydrogen (secondary N) is 1. The number of hydrogen-bond acceptors (Lipinski definition) is 2. The van der Waals surface area contributed by atoms with E-state index in [-0.39, 0.29) is 11.9 Å². The van der Waals surface area contributed by atoms with Gasteiger partial charge in [-0.1, -0.05) is 18.7 Å². The first-order chi connectivity index (χ1) is 9.75. The molecule has 3 aromatic rings. The first-order valence-electron chi connectivity index (χ1n) is 6.66. The Hall–Kier alpha value is -2.56. The summed E-state index contributed by atoms with van der Waals surface area (Å²) in [6.45, 7) is 3.83. The summed E-state index contributed by atoms with van der Waals surface area (Å²) in [6, 6.07) is 7.82. The Morgan fingerprint density at radius 1 is 1.30 bits per heavy atom. The maximum absolute atomic E-state index is 12.3. The van der Waals surface area contributed by atoms with Crippen LogP contribution in [0.3, 0.4) is 0 Å². The highest BCUT2D eigenvalue weighted by Gasteiger charge is 2.28. The molecule has 1 unspecified atom stereocenters. The van der Waals surface area contributed by atoms with Gasteiger partial charge in [-0.15, -0.1) is 0 Å². The first-order valence-corrected chi connectivity index (χ1v) is 6.66. The molecule has 1 aliphatic rings. The van der Waals surface area contributed by atoms with Crippen molar-refractivity contribution in [3.8, 4) is 0 Å². The lowest BCUT2D eigenvalue weighted by Gasteiger charge is -2.25. The van der Waals surface area contributed by atoms with E-state index in [1.165, 1.54) is 0 Å². The quantitative estimate of drug-likeness (QED) is 0.734. The van der Waals surface area contributed by atoms with Crippen LogP contribution >= 0.6 is 0 Å². The number of fused-ring (bicyclic) bond motifs is 3. The van der Waals surface area contributed by atoms with Crippen LogP contribution in [0.4, 0.5) is 0 Å². The molecule has 3 heterocycles. The molecule has 1 amide bonds. The van der Waals surface area contributed by atoms with Gasteiger partial charge < -0.3 is 5.32 Å². The fourth-order valence-corrected chi connectivity index (χ4v) is 2.96. The summed E-state index contributed by atoms with van der Waals surface area (Å²) in [6.07, 6.45) is 5.24. The van der Waals surface area contributed by atoms with Gasteiger partial charge in [-0.3, -0.25) is 13.8 Å².